The number of halogens is 2. The zero-order valence-electron chi connectivity index (χ0n) is 9.40. The summed E-state index contributed by atoms with van der Waals surface area (Å²) in [4.78, 5) is 0. The van der Waals surface area contributed by atoms with Crippen molar-refractivity contribution in [3.63, 3.8) is 0 Å². The summed E-state index contributed by atoms with van der Waals surface area (Å²) in [6.45, 7) is 7.57. The smallest absolute Gasteiger partial charge is 0.0320 e. The van der Waals surface area contributed by atoms with E-state index < -0.39 is 0 Å². The van der Waals surface area contributed by atoms with E-state index in [2.05, 4.69) is 76.1 Å². The van der Waals surface area contributed by atoms with Crippen molar-refractivity contribution >= 4 is 31.9 Å². The molecule has 0 aliphatic rings. The van der Waals surface area contributed by atoms with Crippen molar-refractivity contribution < 1.29 is 0 Å². The Morgan fingerprint density at radius 2 is 1.80 bits per heavy atom. The molecule has 0 spiro atoms. The molecule has 1 rings (SSSR count). The third kappa shape index (κ3) is 5.14. The number of hydrogen-bond donors (Lipinski definition) is 1. The van der Waals surface area contributed by atoms with Gasteiger partial charge in [0.1, 0.15) is 0 Å². The van der Waals surface area contributed by atoms with E-state index >= 15 is 0 Å². The van der Waals surface area contributed by atoms with Crippen LogP contribution >= 0.6 is 31.9 Å². The molecule has 1 aromatic carbocycles. The van der Waals surface area contributed by atoms with Crippen LogP contribution < -0.4 is 5.32 Å². The van der Waals surface area contributed by atoms with Crippen molar-refractivity contribution in [2.75, 3.05) is 6.54 Å². The van der Waals surface area contributed by atoms with Crippen LogP contribution in [0.15, 0.2) is 27.1 Å². The lowest BCUT2D eigenvalue weighted by molar-refractivity contribution is 0.429. The summed E-state index contributed by atoms with van der Waals surface area (Å²) in [5.41, 5.74) is 1.55. The first-order valence-corrected chi connectivity index (χ1v) is 6.66. The summed E-state index contributed by atoms with van der Waals surface area (Å²) in [5, 5.41) is 3.48. The molecule has 1 aromatic rings. The van der Waals surface area contributed by atoms with Crippen molar-refractivity contribution in [2.24, 2.45) is 0 Å². The monoisotopic (exact) mass is 333 g/mol. The largest absolute Gasteiger partial charge is 0.312 e. The molecular weight excluding hydrogens is 318 g/mol. The van der Waals surface area contributed by atoms with Crippen LogP contribution in [0.5, 0.6) is 0 Å². The molecule has 0 amide bonds. The highest BCUT2D eigenvalue weighted by atomic mass is 79.9. The molecular formula is C12H17Br2N. The number of rotatable bonds is 3. The topological polar surface area (TPSA) is 12.0 Å². The van der Waals surface area contributed by atoms with Crippen molar-refractivity contribution in [3.05, 3.63) is 32.7 Å². The highest BCUT2D eigenvalue weighted by molar-refractivity contribution is 9.13. The molecule has 1 nitrogen and oxygen atoms in total. The second kappa shape index (κ2) is 5.46. The van der Waals surface area contributed by atoms with Gasteiger partial charge in [0.15, 0.2) is 0 Å². The summed E-state index contributed by atoms with van der Waals surface area (Å²) < 4.78 is 2.23. The first-order valence-electron chi connectivity index (χ1n) is 5.07. The van der Waals surface area contributed by atoms with E-state index in [4.69, 9.17) is 0 Å². The minimum Gasteiger partial charge on any atom is -0.312 e. The molecule has 0 bridgehead atoms. The second-order valence-electron chi connectivity index (χ2n) is 4.68. The van der Waals surface area contributed by atoms with Gasteiger partial charge >= 0.3 is 0 Å². The highest BCUT2D eigenvalue weighted by Crippen LogP contribution is 2.23. The average Bonchev–Trinajstić information content (AvgIpc) is 2.09. The van der Waals surface area contributed by atoms with Crippen LogP contribution in [-0.2, 0) is 6.42 Å². The van der Waals surface area contributed by atoms with Gasteiger partial charge in [-0.2, -0.15) is 0 Å². The van der Waals surface area contributed by atoms with Gasteiger partial charge in [-0.3, -0.25) is 0 Å². The molecule has 15 heavy (non-hydrogen) atoms. The van der Waals surface area contributed by atoms with E-state index in [0.29, 0.717) is 0 Å². The highest BCUT2D eigenvalue weighted by Gasteiger charge is 2.07. The van der Waals surface area contributed by atoms with Gasteiger partial charge in [-0.1, -0.05) is 6.07 Å². The lowest BCUT2D eigenvalue weighted by Crippen LogP contribution is -2.37. The van der Waals surface area contributed by atoms with E-state index in [1.54, 1.807) is 0 Å². The van der Waals surface area contributed by atoms with Gasteiger partial charge in [0, 0.05) is 14.5 Å². The first kappa shape index (κ1) is 13.2. The Hall–Kier alpha value is 0.140. The number of hydrogen-bond acceptors (Lipinski definition) is 1. The molecule has 1 N–H and O–H groups in total. The van der Waals surface area contributed by atoms with Gasteiger partial charge in [0.2, 0.25) is 0 Å². The van der Waals surface area contributed by atoms with Crippen molar-refractivity contribution in [1.29, 1.82) is 0 Å². The lowest BCUT2D eigenvalue weighted by atomic mass is 10.1. The van der Waals surface area contributed by atoms with Gasteiger partial charge in [-0.05, 0) is 83.3 Å². The Morgan fingerprint density at radius 3 is 2.33 bits per heavy atom. The molecule has 84 valence electrons. The summed E-state index contributed by atoms with van der Waals surface area (Å²) in [6.07, 6.45) is 1.06. The Labute approximate surface area is 109 Å². The molecule has 0 atom stereocenters. The third-order valence-electron chi connectivity index (χ3n) is 2.05. The van der Waals surface area contributed by atoms with Crippen LogP contribution in [0.3, 0.4) is 0 Å². The Bertz CT molecular complexity index is 329. The molecule has 0 aliphatic carbocycles. The third-order valence-corrected chi connectivity index (χ3v) is 3.93. The summed E-state index contributed by atoms with van der Waals surface area (Å²) in [5.74, 6) is 0. The minimum absolute atomic E-state index is 0.201. The molecule has 0 unspecified atom stereocenters. The molecule has 3 heteroatoms. The minimum atomic E-state index is 0.201. The quantitative estimate of drug-likeness (QED) is 0.875. The lowest BCUT2D eigenvalue weighted by Gasteiger charge is -2.20. The summed E-state index contributed by atoms with van der Waals surface area (Å²) in [6, 6.07) is 6.39. The van der Waals surface area contributed by atoms with Gasteiger partial charge in [0.25, 0.3) is 0 Å². The van der Waals surface area contributed by atoms with Crippen LogP contribution in [0, 0.1) is 0 Å². The van der Waals surface area contributed by atoms with Gasteiger partial charge in [-0.25, -0.2) is 0 Å². The SMILES string of the molecule is CC(C)(C)NCCc1ccc(Br)c(Br)c1. The van der Waals surface area contributed by atoms with Crippen LogP contribution in [0.4, 0.5) is 0 Å². The van der Waals surface area contributed by atoms with E-state index in [9.17, 15) is 0 Å². The summed E-state index contributed by atoms with van der Waals surface area (Å²) in [7, 11) is 0. The fraction of sp³-hybridized carbons (Fsp3) is 0.500. The predicted molar refractivity (Wildman–Crippen MR) is 73.3 cm³/mol. The average molecular weight is 335 g/mol. The fourth-order valence-corrected chi connectivity index (χ4v) is 1.95. The maximum absolute atomic E-state index is 3.51. The molecule has 0 saturated heterocycles. The number of nitrogens with one attached hydrogen (secondary N) is 1. The van der Waals surface area contributed by atoms with Crippen LogP contribution in [0.2, 0.25) is 0 Å². The molecule has 0 fully saturated rings. The maximum atomic E-state index is 3.51. The van der Waals surface area contributed by atoms with Gasteiger partial charge in [0.05, 0.1) is 0 Å². The Morgan fingerprint density at radius 1 is 1.13 bits per heavy atom. The van der Waals surface area contributed by atoms with E-state index in [1.807, 2.05) is 0 Å². The van der Waals surface area contributed by atoms with E-state index in [-0.39, 0.29) is 5.54 Å². The Kier molecular flexibility index (Phi) is 4.81. The van der Waals surface area contributed by atoms with E-state index in [1.165, 1.54) is 5.56 Å². The predicted octanol–water partition coefficient (Wildman–Crippen LogP) is 4.14. The van der Waals surface area contributed by atoms with Crippen molar-refractivity contribution in [3.8, 4) is 0 Å². The van der Waals surface area contributed by atoms with Gasteiger partial charge < -0.3 is 5.32 Å². The maximum Gasteiger partial charge on any atom is 0.0320 e. The Balaban J connectivity index is 2.48. The molecule has 0 aromatic heterocycles. The standard InChI is InChI=1S/C12H17Br2N/c1-12(2,3)15-7-6-9-4-5-10(13)11(14)8-9/h4-5,8,15H,6-7H2,1-3H3. The summed E-state index contributed by atoms with van der Waals surface area (Å²) >= 11 is 6.98. The van der Waals surface area contributed by atoms with Gasteiger partial charge in [-0.15, -0.1) is 0 Å². The fourth-order valence-electron chi connectivity index (χ4n) is 1.28. The molecule has 0 heterocycles. The van der Waals surface area contributed by atoms with Crippen molar-refractivity contribution in [2.45, 2.75) is 32.7 Å². The molecule has 0 radical (unpaired) electrons. The second-order valence-corrected chi connectivity index (χ2v) is 6.38. The van der Waals surface area contributed by atoms with Crippen LogP contribution in [0.25, 0.3) is 0 Å². The van der Waals surface area contributed by atoms with Crippen molar-refractivity contribution in [1.82, 2.24) is 5.32 Å². The molecule has 0 saturated carbocycles. The molecule has 0 aliphatic heterocycles. The zero-order valence-corrected chi connectivity index (χ0v) is 12.6. The normalized spacial score (nSPS) is 11.8. The zero-order chi connectivity index (χ0) is 11.5. The van der Waals surface area contributed by atoms with Crippen LogP contribution in [0.1, 0.15) is 26.3 Å². The first-order chi connectivity index (χ1) is 6.88. The van der Waals surface area contributed by atoms with E-state index in [0.717, 1.165) is 21.9 Å². The van der Waals surface area contributed by atoms with Crippen LogP contribution in [-0.4, -0.2) is 12.1 Å². The number of benzene rings is 1.